The first-order valence-electron chi connectivity index (χ1n) is 6.54. The Morgan fingerprint density at radius 3 is 2.72 bits per heavy atom. The van der Waals surface area contributed by atoms with Crippen LogP contribution in [0.15, 0.2) is 0 Å². The second-order valence-electron chi connectivity index (χ2n) is 4.78. The van der Waals surface area contributed by atoms with Crippen LogP contribution in [0, 0.1) is 5.92 Å². The summed E-state index contributed by atoms with van der Waals surface area (Å²) in [4.78, 5) is 15.8. The quantitative estimate of drug-likeness (QED) is 0.804. The number of nitrogens with zero attached hydrogens (tertiary/aromatic N) is 2. The van der Waals surface area contributed by atoms with Crippen LogP contribution in [0.2, 0.25) is 0 Å². The molecule has 0 aromatic carbocycles. The standard InChI is InChI=1S/C12H20N4O2/c1-18-12-14-11(15-16-12)13-10(17)8-9-6-4-2-3-5-7-9/h9H,2-8H2,1H3,(H2,13,14,15,16,17). The van der Waals surface area contributed by atoms with Crippen LogP contribution in [0.1, 0.15) is 44.9 Å². The fourth-order valence-electron chi connectivity index (χ4n) is 2.41. The Kier molecular flexibility index (Phi) is 4.55. The summed E-state index contributed by atoms with van der Waals surface area (Å²) in [5.41, 5.74) is 0. The van der Waals surface area contributed by atoms with E-state index < -0.39 is 0 Å². The third kappa shape index (κ3) is 3.72. The summed E-state index contributed by atoms with van der Waals surface area (Å²) < 4.78 is 4.84. The van der Waals surface area contributed by atoms with Gasteiger partial charge in [-0.05, 0) is 18.8 Å². The molecule has 0 saturated heterocycles. The van der Waals surface area contributed by atoms with Crippen molar-refractivity contribution in [1.29, 1.82) is 0 Å². The molecule has 0 unspecified atom stereocenters. The van der Waals surface area contributed by atoms with Gasteiger partial charge < -0.3 is 4.74 Å². The van der Waals surface area contributed by atoms with Gasteiger partial charge in [-0.2, -0.15) is 4.98 Å². The average Bonchev–Trinajstić information content (AvgIpc) is 2.65. The van der Waals surface area contributed by atoms with E-state index in [1.54, 1.807) is 0 Å². The minimum Gasteiger partial charge on any atom is -0.466 e. The molecule has 0 atom stereocenters. The normalized spacial score (nSPS) is 17.2. The molecule has 1 aliphatic rings. The zero-order valence-electron chi connectivity index (χ0n) is 10.7. The van der Waals surface area contributed by atoms with E-state index in [9.17, 15) is 4.79 Å². The predicted octanol–water partition coefficient (Wildman–Crippen LogP) is 2.11. The number of carbonyl (C=O) groups excluding carboxylic acids is 1. The van der Waals surface area contributed by atoms with E-state index in [2.05, 4.69) is 20.5 Å². The Labute approximate surface area is 107 Å². The molecule has 0 radical (unpaired) electrons. The monoisotopic (exact) mass is 252 g/mol. The Balaban J connectivity index is 1.80. The number of aromatic nitrogens is 3. The van der Waals surface area contributed by atoms with Crippen LogP contribution in [0.5, 0.6) is 6.01 Å². The average molecular weight is 252 g/mol. The Hall–Kier alpha value is -1.59. The lowest BCUT2D eigenvalue weighted by molar-refractivity contribution is -0.117. The van der Waals surface area contributed by atoms with Crippen LogP contribution in [-0.4, -0.2) is 28.2 Å². The van der Waals surface area contributed by atoms with Gasteiger partial charge in [0.25, 0.3) is 0 Å². The van der Waals surface area contributed by atoms with Crippen LogP contribution in [-0.2, 0) is 4.79 Å². The highest BCUT2D eigenvalue weighted by molar-refractivity contribution is 5.89. The topological polar surface area (TPSA) is 79.9 Å². The third-order valence-electron chi connectivity index (χ3n) is 3.35. The van der Waals surface area contributed by atoms with Crippen molar-refractivity contribution in [3.05, 3.63) is 0 Å². The number of anilines is 1. The second-order valence-corrected chi connectivity index (χ2v) is 4.78. The lowest BCUT2D eigenvalue weighted by Crippen LogP contribution is -2.17. The Bertz CT molecular complexity index is 383. The number of methoxy groups -OCH3 is 1. The highest BCUT2D eigenvalue weighted by Gasteiger charge is 2.17. The van der Waals surface area contributed by atoms with Gasteiger partial charge in [0.05, 0.1) is 7.11 Å². The van der Waals surface area contributed by atoms with E-state index >= 15 is 0 Å². The SMILES string of the molecule is COc1n[nH]c(NC(=O)CC2CCCCCC2)n1. The van der Waals surface area contributed by atoms with Gasteiger partial charge in [-0.15, -0.1) is 5.10 Å². The summed E-state index contributed by atoms with van der Waals surface area (Å²) in [5.74, 6) is 0.864. The number of hydrogen-bond acceptors (Lipinski definition) is 4. The van der Waals surface area contributed by atoms with Crippen molar-refractivity contribution in [2.45, 2.75) is 44.9 Å². The Morgan fingerprint density at radius 1 is 1.39 bits per heavy atom. The fourth-order valence-corrected chi connectivity index (χ4v) is 2.41. The molecule has 6 heteroatoms. The zero-order chi connectivity index (χ0) is 12.8. The first-order chi connectivity index (χ1) is 8.78. The van der Waals surface area contributed by atoms with Crippen LogP contribution >= 0.6 is 0 Å². The van der Waals surface area contributed by atoms with E-state index in [0.29, 0.717) is 18.3 Å². The maximum atomic E-state index is 11.9. The summed E-state index contributed by atoms with van der Waals surface area (Å²) in [5, 5.41) is 9.11. The van der Waals surface area contributed by atoms with Crippen molar-refractivity contribution in [3.63, 3.8) is 0 Å². The molecule has 1 saturated carbocycles. The molecule has 6 nitrogen and oxygen atoms in total. The van der Waals surface area contributed by atoms with Crippen molar-refractivity contribution < 1.29 is 9.53 Å². The number of carbonyl (C=O) groups is 1. The van der Waals surface area contributed by atoms with Gasteiger partial charge in [-0.3, -0.25) is 10.1 Å². The highest BCUT2D eigenvalue weighted by atomic mass is 16.5. The first-order valence-corrected chi connectivity index (χ1v) is 6.54. The van der Waals surface area contributed by atoms with Crippen LogP contribution in [0.25, 0.3) is 0 Å². The molecule has 0 spiro atoms. The lowest BCUT2D eigenvalue weighted by Gasteiger charge is -2.12. The molecule has 18 heavy (non-hydrogen) atoms. The molecule has 2 rings (SSSR count). The molecule has 1 aromatic rings. The zero-order valence-corrected chi connectivity index (χ0v) is 10.7. The summed E-state index contributed by atoms with van der Waals surface area (Å²) in [7, 11) is 1.49. The summed E-state index contributed by atoms with van der Waals surface area (Å²) in [6.07, 6.45) is 7.99. The van der Waals surface area contributed by atoms with Crippen molar-refractivity contribution in [3.8, 4) is 6.01 Å². The summed E-state index contributed by atoms with van der Waals surface area (Å²) >= 11 is 0. The van der Waals surface area contributed by atoms with Crippen molar-refractivity contribution >= 4 is 11.9 Å². The van der Waals surface area contributed by atoms with E-state index in [1.807, 2.05) is 0 Å². The third-order valence-corrected chi connectivity index (χ3v) is 3.35. The molecule has 2 N–H and O–H groups in total. The van der Waals surface area contributed by atoms with Crippen molar-refractivity contribution in [2.75, 3.05) is 12.4 Å². The molecule has 1 fully saturated rings. The molecule has 0 bridgehead atoms. The van der Waals surface area contributed by atoms with Gasteiger partial charge in [-0.1, -0.05) is 25.7 Å². The highest BCUT2D eigenvalue weighted by Crippen LogP contribution is 2.25. The van der Waals surface area contributed by atoms with Gasteiger partial charge >= 0.3 is 6.01 Å². The number of nitrogens with one attached hydrogen (secondary N) is 2. The largest absolute Gasteiger partial charge is 0.466 e. The van der Waals surface area contributed by atoms with Gasteiger partial charge in [0, 0.05) is 6.42 Å². The molecule has 1 aromatic heterocycles. The lowest BCUT2D eigenvalue weighted by atomic mass is 9.96. The summed E-state index contributed by atoms with van der Waals surface area (Å²) in [6, 6.07) is 0.236. The minimum atomic E-state index is 0.000651. The van der Waals surface area contributed by atoms with Crippen LogP contribution in [0.4, 0.5) is 5.95 Å². The van der Waals surface area contributed by atoms with Crippen LogP contribution < -0.4 is 10.1 Å². The maximum Gasteiger partial charge on any atom is 0.336 e. The van der Waals surface area contributed by atoms with E-state index in [0.717, 1.165) is 12.8 Å². The molecular formula is C12H20N4O2. The first kappa shape index (κ1) is 12.9. The number of rotatable bonds is 4. The van der Waals surface area contributed by atoms with E-state index in [-0.39, 0.29) is 11.9 Å². The molecule has 1 aliphatic carbocycles. The molecular weight excluding hydrogens is 232 g/mol. The van der Waals surface area contributed by atoms with Crippen molar-refractivity contribution in [1.82, 2.24) is 15.2 Å². The van der Waals surface area contributed by atoms with Crippen LogP contribution in [0.3, 0.4) is 0 Å². The van der Waals surface area contributed by atoms with Gasteiger partial charge in [0.2, 0.25) is 11.9 Å². The van der Waals surface area contributed by atoms with E-state index in [1.165, 1.54) is 32.8 Å². The second kappa shape index (κ2) is 6.37. The number of H-pyrrole nitrogens is 1. The molecule has 100 valence electrons. The van der Waals surface area contributed by atoms with Gasteiger partial charge in [-0.25, -0.2) is 5.10 Å². The summed E-state index contributed by atoms with van der Waals surface area (Å²) in [6.45, 7) is 0. The molecule has 0 aliphatic heterocycles. The van der Waals surface area contributed by atoms with Gasteiger partial charge in [0.1, 0.15) is 0 Å². The minimum absolute atomic E-state index is 0.000651. The smallest absolute Gasteiger partial charge is 0.336 e. The van der Waals surface area contributed by atoms with E-state index in [4.69, 9.17) is 4.74 Å². The predicted molar refractivity (Wildman–Crippen MR) is 67.4 cm³/mol. The number of amides is 1. The number of hydrogen-bond donors (Lipinski definition) is 2. The number of aromatic amines is 1. The maximum absolute atomic E-state index is 11.9. The van der Waals surface area contributed by atoms with Crippen molar-refractivity contribution in [2.24, 2.45) is 5.92 Å². The van der Waals surface area contributed by atoms with Gasteiger partial charge in [0.15, 0.2) is 0 Å². The number of ether oxygens (including phenoxy) is 1. The fraction of sp³-hybridized carbons (Fsp3) is 0.750. The Morgan fingerprint density at radius 2 is 2.11 bits per heavy atom. The molecule has 1 amide bonds. The molecule has 1 heterocycles.